The Morgan fingerprint density at radius 3 is 2.00 bits per heavy atom. The molecule has 0 aliphatic rings. The van der Waals surface area contributed by atoms with E-state index in [-0.39, 0.29) is 13.2 Å². The standard InChI is InChI=1S/C25H43N3O6/c1-5-8-18-32-23-21(10-9-11-22(23)31-4)12-15-28(16-19-33-24(29)26-13-6-2)17-20-34-25(30)27-14-7-3/h9-11H,5-8,12-20H2,1-4H3,(H,26,29)(H,27,30). The summed E-state index contributed by atoms with van der Waals surface area (Å²) in [5.41, 5.74) is 1.05. The van der Waals surface area contributed by atoms with Crippen LogP contribution in [-0.2, 0) is 15.9 Å². The van der Waals surface area contributed by atoms with Crippen molar-refractivity contribution in [1.29, 1.82) is 0 Å². The largest absolute Gasteiger partial charge is 0.493 e. The van der Waals surface area contributed by atoms with Gasteiger partial charge in [-0.15, -0.1) is 0 Å². The Morgan fingerprint density at radius 2 is 1.47 bits per heavy atom. The molecule has 0 bridgehead atoms. The summed E-state index contributed by atoms with van der Waals surface area (Å²) in [6, 6.07) is 5.88. The van der Waals surface area contributed by atoms with E-state index in [4.69, 9.17) is 18.9 Å². The Bertz CT molecular complexity index is 675. The van der Waals surface area contributed by atoms with E-state index < -0.39 is 12.2 Å². The van der Waals surface area contributed by atoms with Gasteiger partial charge in [-0.05, 0) is 37.3 Å². The molecule has 0 aliphatic heterocycles. The molecule has 0 aliphatic carbocycles. The molecule has 2 amide bonds. The summed E-state index contributed by atoms with van der Waals surface area (Å²) < 4.78 is 22.1. The quantitative estimate of drug-likeness (QED) is 0.306. The van der Waals surface area contributed by atoms with Crippen LogP contribution in [0.2, 0.25) is 0 Å². The molecule has 0 unspecified atom stereocenters. The van der Waals surface area contributed by atoms with Gasteiger partial charge < -0.3 is 29.6 Å². The van der Waals surface area contributed by atoms with E-state index in [0.717, 1.165) is 37.0 Å². The Balaban J connectivity index is 2.71. The highest BCUT2D eigenvalue weighted by Gasteiger charge is 2.14. The zero-order chi connectivity index (χ0) is 25.0. The fourth-order valence-corrected chi connectivity index (χ4v) is 3.11. The van der Waals surface area contributed by atoms with Gasteiger partial charge in [-0.25, -0.2) is 9.59 Å². The number of benzene rings is 1. The average Bonchev–Trinajstić information content (AvgIpc) is 2.84. The van der Waals surface area contributed by atoms with E-state index in [0.29, 0.717) is 51.5 Å². The summed E-state index contributed by atoms with van der Waals surface area (Å²) >= 11 is 0. The van der Waals surface area contributed by atoms with E-state index >= 15 is 0 Å². The molecule has 9 nitrogen and oxygen atoms in total. The number of hydrogen-bond acceptors (Lipinski definition) is 7. The number of carbonyl (C=O) groups is 2. The highest BCUT2D eigenvalue weighted by Crippen LogP contribution is 2.31. The molecule has 9 heteroatoms. The summed E-state index contributed by atoms with van der Waals surface area (Å²) in [6.07, 6.45) is 3.59. The molecule has 0 atom stereocenters. The molecule has 0 heterocycles. The molecule has 34 heavy (non-hydrogen) atoms. The highest BCUT2D eigenvalue weighted by atomic mass is 16.6. The number of methoxy groups -OCH3 is 1. The average molecular weight is 482 g/mol. The Hall–Kier alpha value is -2.68. The van der Waals surface area contributed by atoms with Crippen molar-refractivity contribution in [3.05, 3.63) is 23.8 Å². The first-order valence-electron chi connectivity index (χ1n) is 12.4. The molecule has 0 saturated heterocycles. The van der Waals surface area contributed by atoms with Gasteiger partial charge in [0.15, 0.2) is 11.5 Å². The number of amides is 2. The van der Waals surface area contributed by atoms with Crippen molar-refractivity contribution in [3.63, 3.8) is 0 Å². The van der Waals surface area contributed by atoms with E-state index in [2.05, 4.69) is 22.5 Å². The van der Waals surface area contributed by atoms with E-state index in [1.165, 1.54) is 0 Å². The van der Waals surface area contributed by atoms with Gasteiger partial charge in [0, 0.05) is 32.7 Å². The van der Waals surface area contributed by atoms with Gasteiger partial charge in [-0.1, -0.05) is 39.3 Å². The van der Waals surface area contributed by atoms with Crippen molar-refractivity contribution in [1.82, 2.24) is 15.5 Å². The number of rotatable bonds is 18. The maximum absolute atomic E-state index is 11.7. The summed E-state index contributed by atoms with van der Waals surface area (Å²) in [5, 5.41) is 5.40. The Morgan fingerprint density at radius 1 is 0.853 bits per heavy atom. The van der Waals surface area contributed by atoms with E-state index in [1.54, 1.807) is 7.11 Å². The van der Waals surface area contributed by atoms with Crippen molar-refractivity contribution in [2.45, 2.75) is 52.9 Å². The van der Waals surface area contributed by atoms with Crippen LogP contribution in [0.3, 0.4) is 0 Å². The second-order valence-corrected chi connectivity index (χ2v) is 7.87. The zero-order valence-electron chi connectivity index (χ0n) is 21.3. The smallest absolute Gasteiger partial charge is 0.407 e. The monoisotopic (exact) mass is 481 g/mol. The van der Waals surface area contributed by atoms with Gasteiger partial charge in [0.2, 0.25) is 0 Å². The lowest BCUT2D eigenvalue weighted by atomic mass is 10.1. The maximum atomic E-state index is 11.7. The van der Waals surface area contributed by atoms with Crippen molar-refractivity contribution in [2.24, 2.45) is 0 Å². The minimum Gasteiger partial charge on any atom is -0.493 e. The molecule has 0 spiro atoms. The number of alkyl carbamates (subject to hydrolysis) is 2. The molecule has 2 N–H and O–H groups in total. The third-order valence-corrected chi connectivity index (χ3v) is 5.04. The van der Waals surface area contributed by atoms with Crippen LogP contribution in [0.4, 0.5) is 9.59 Å². The van der Waals surface area contributed by atoms with Crippen LogP contribution < -0.4 is 20.1 Å². The summed E-state index contributed by atoms with van der Waals surface area (Å²) in [6.45, 7) is 10.1. The zero-order valence-corrected chi connectivity index (χ0v) is 21.3. The van der Waals surface area contributed by atoms with E-state index in [9.17, 15) is 9.59 Å². The number of carbonyl (C=O) groups excluding carboxylic acids is 2. The fourth-order valence-electron chi connectivity index (χ4n) is 3.11. The molecule has 0 fully saturated rings. The summed E-state index contributed by atoms with van der Waals surface area (Å²) in [5.74, 6) is 1.48. The third-order valence-electron chi connectivity index (χ3n) is 5.04. The lowest BCUT2D eigenvalue weighted by Crippen LogP contribution is -2.36. The predicted molar refractivity (Wildman–Crippen MR) is 133 cm³/mol. The predicted octanol–water partition coefficient (Wildman–Crippen LogP) is 3.99. The molecule has 1 aromatic rings. The SMILES string of the molecule is CCCCOc1c(CCN(CCOC(=O)NCCC)CCOC(=O)NCCC)cccc1OC. The van der Waals surface area contributed by atoms with Crippen LogP contribution in [0.25, 0.3) is 0 Å². The van der Waals surface area contributed by atoms with Crippen LogP contribution >= 0.6 is 0 Å². The number of ether oxygens (including phenoxy) is 4. The molecule has 0 radical (unpaired) electrons. The Labute approximate surface area is 204 Å². The molecule has 0 saturated carbocycles. The first kappa shape index (κ1) is 29.4. The first-order chi connectivity index (χ1) is 16.5. The summed E-state index contributed by atoms with van der Waals surface area (Å²) in [4.78, 5) is 25.6. The molecular weight excluding hydrogens is 438 g/mol. The molecule has 1 aromatic carbocycles. The van der Waals surface area contributed by atoms with Gasteiger partial charge in [0.25, 0.3) is 0 Å². The third kappa shape index (κ3) is 12.5. The first-order valence-corrected chi connectivity index (χ1v) is 12.4. The lowest BCUT2D eigenvalue weighted by molar-refractivity contribution is 0.107. The lowest BCUT2D eigenvalue weighted by Gasteiger charge is -2.23. The molecule has 194 valence electrons. The number of unbranched alkanes of at least 4 members (excludes halogenated alkanes) is 1. The number of hydrogen-bond donors (Lipinski definition) is 2. The minimum absolute atomic E-state index is 0.246. The van der Waals surface area contributed by atoms with Crippen LogP contribution in [0.1, 0.15) is 52.0 Å². The number of nitrogens with one attached hydrogen (secondary N) is 2. The van der Waals surface area contributed by atoms with Gasteiger partial charge >= 0.3 is 12.2 Å². The summed E-state index contributed by atoms with van der Waals surface area (Å²) in [7, 11) is 1.64. The van der Waals surface area contributed by atoms with Crippen LogP contribution in [0.5, 0.6) is 11.5 Å². The van der Waals surface area contributed by atoms with Crippen LogP contribution in [0.15, 0.2) is 18.2 Å². The highest BCUT2D eigenvalue weighted by molar-refractivity contribution is 5.67. The maximum Gasteiger partial charge on any atom is 0.407 e. The Kier molecular flexibility index (Phi) is 16.2. The fraction of sp³-hybridized carbons (Fsp3) is 0.680. The van der Waals surface area contributed by atoms with Crippen LogP contribution in [-0.4, -0.2) is 76.7 Å². The number of nitrogens with zero attached hydrogens (tertiary/aromatic N) is 1. The normalized spacial score (nSPS) is 10.6. The van der Waals surface area contributed by atoms with Gasteiger partial charge in [-0.3, -0.25) is 4.90 Å². The van der Waals surface area contributed by atoms with Gasteiger partial charge in [0.1, 0.15) is 13.2 Å². The van der Waals surface area contributed by atoms with Gasteiger partial charge in [0.05, 0.1) is 13.7 Å². The van der Waals surface area contributed by atoms with E-state index in [1.807, 2.05) is 32.0 Å². The molecule has 0 aromatic heterocycles. The van der Waals surface area contributed by atoms with Crippen LogP contribution in [0, 0.1) is 0 Å². The van der Waals surface area contributed by atoms with Crippen molar-refractivity contribution in [2.75, 3.05) is 59.7 Å². The van der Waals surface area contributed by atoms with Gasteiger partial charge in [-0.2, -0.15) is 0 Å². The van der Waals surface area contributed by atoms with Crippen molar-refractivity contribution >= 4 is 12.2 Å². The second-order valence-electron chi connectivity index (χ2n) is 7.87. The van der Waals surface area contributed by atoms with Crippen molar-refractivity contribution < 1.29 is 28.5 Å². The minimum atomic E-state index is -0.420. The second kappa shape index (κ2) is 18.7. The number of para-hydroxylation sites is 1. The molecular formula is C25H43N3O6. The molecule has 1 rings (SSSR count). The van der Waals surface area contributed by atoms with Crippen molar-refractivity contribution in [3.8, 4) is 11.5 Å². The topological polar surface area (TPSA) is 98.4 Å².